The molecule has 1 heterocycles. The Morgan fingerprint density at radius 1 is 1.17 bits per heavy atom. The van der Waals surface area contributed by atoms with Crippen LogP contribution in [0.4, 0.5) is 5.69 Å². The molecule has 1 aromatic carbocycles. The number of aromatic nitrogens is 2. The van der Waals surface area contributed by atoms with Crippen molar-refractivity contribution >= 4 is 23.4 Å². The highest BCUT2D eigenvalue weighted by molar-refractivity contribution is 7.99. The first-order chi connectivity index (χ1) is 11.1. The van der Waals surface area contributed by atoms with E-state index in [1.54, 1.807) is 0 Å². The Bertz CT molecular complexity index is 730. The summed E-state index contributed by atoms with van der Waals surface area (Å²) in [6.07, 6.45) is 4.53. The van der Waals surface area contributed by atoms with Gasteiger partial charge < -0.3 is 5.32 Å². The van der Waals surface area contributed by atoms with E-state index in [0.29, 0.717) is 10.9 Å². The second-order valence-corrected chi connectivity index (χ2v) is 6.82. The van der Waals surface area contributed by atoms with Gasteiger partial charge in [-0.15, -0.1) is 0 Å². The Morgan fingerprint density at radius 3 is 2.78 bits per heavy atom. The topological polar surface area (TPSA) is 54.9 Å². The first-order valence-electron chi connectivity index (χ1n) is 7.98. The van der Waals surface area contributed by atoms with Gasteiger partial charge in [-0.3, -0.25) is 4.79 Å². The molecule has 0 saturated carbocycles. The van der Waals surface area contributed by atoms with Crippen LogP contribution in [0.3, 0.4) is 0 Å². The van der Waals surface area contributed by atoms with Crippen molar-refractivity contribution in [1.29, 1.82) is 0 Å². The fourth-order valence-corrected chi connectivity index (χ4v) is 3.56. The normalized spacial score (nSPS) is 13.5. The molecule has 1 amide bonds. The van der Waals surface area contributed by atoms with E-state index in [4.69, 9.17) is 0 Å². The summed E-state index contributed by atoms with van der Waals surface area (Å²) in [5, 5.41) is 3.65. The van der Waals surface area contributed by atoms with Crippen LogP contribution >= 0.6 is 11.8 Å². The number of nitrogens with zero attached hydrogens (tertiary/aromatic N) is 2. The highest BCUT2D eigenvalue weighted by Crippen LogP contribution is 2.25. The maximum atomic E-state index is 12.1. The summed E-state index contributed by atoms with van der Waals surface area (Å²) in [4.78, 5) is 21.3. The fraction of sp³-hybridized carbons (Fsp3) is 0.389. The molecule has 0 fully saturated rings. The molecule has 2 aromatic rings. The SMILES string of the molecule is Cc1ccccc1NC(=O)CSc1nc(C)c2c(n1)CCCC2. The van der Waals surface area contributed by atoms with E-state index in [1.165, 1.54) is 35.9 Å². The number of anilines is 1. The highest BCUT2D eigenvalue weighted by atomic mass is 32.2. The van der Waals surface area contributed by atoms with Gasteiger partial charge in [-0.25, -0.2) is 9.97 Å². The summed E-state index contributed by atoms with van der Waals surface area (Å²) in [6, 6.07) is 7.78. The molecule has 1 aliphatic rings. The Morgan fingerprint density at radius 2 is 1.96 bits per heavy atom. The number of benzene rings is 1. The highest BCUT2D eigenvalue weighted by Gasteiger charge is 2.16. The van der Waals surface area contributed by atoms with E-state index in [2.05, 4.69) is 15.3 Å². The van der Waals surface area contributed by atoms with Gasteiger partial charge in [0.2, 0.25) is 5.91 Å². The van der Waals surface area contributed by atoms with Gasteiger partial charge in [0.15, 0.2) is 5.16 Å². The van der Waals surface area contributed by atoms with Crippen molar-refractivity contribution in [2.24, 2.45) is 0 Å². The zero-order valence-electron chi connectivity index (χ0n) is 13.6. The van der Waals surface area contributed by atoms with Crippen LogP contribution in [-0.2, 0) is 17.6 Å². The Kier molecular flexibility index (Phi) is 4.96. The molecular weight excluding hydrogens is 306 g/mol. The van der Waals surface area contributed by atoms with Crippen LogP contribution in [0.2, 0.25) is 0 Å². The molecule has 5 heteroatoms. The van der Waals surface area contributed by atoms with Crippen LogP contribution in [0.1, 0.15) is 35.4 Å². The number of hydrogen-bond donors (Lipinski definition) is 1. The maximum Gasteiger partial charge on any atom is 0.234 e. The van der Waals surface area contributed by atoms with Crippen molar-refractivity contribution in [3.63, 3.8) is 0 Å². The summed E-state index contributed by atoms with van der Waals surface area (Å²) in [7, 11) is 0. The lowest BCUT2D eigenvalue weighted by Crippen LogP contribution is -2.16. The van der Waals surface area contributed by atoms with Gasteiger partial charge in [-0.2, -0.15) is 0 Å². The number of hydrogen-bond acceptors (Lipinski definition) is 4. The van der Waals surface area contributed by atoms with E-state index < -0.39 is 0 Å². The number of carbonyl (C=O) groups excluding carboxylic acids is 1. The van der Waals surface area contributed by atoms with Crippen molar-refractivity contribution in [1.82, 2.24) is 9.97 Å². The molecule has 4 nitrogen and oxygen atoms in total. The third kappa shape index (κ3) is 3.91. The van der Waals surface area contributed by atoms with Gasteiger partial charge >= 0.3 is 0 Å². The first kappa shape index (κ1) is 16.0. The van der Waals surface area contributed by atoms with Crippen molar-refractivity contribution in [3.8, 4) is 0 Å². The van der Waals surface area contributed by atoms with Crippen molar-refractivity contribution in [3.05, 3.63) is 46.8 Å². The average molecular weight is 327 g/mol. The minimum Gasteiger partial charge on any atom is -0.325 e. The van der Waals surface area contributed by atoms with Crippen LogP contribution in [0, 0.1) is 13.8 Å². The lowest BCUT2D eigenvalue weighted by Gasteiger charge is -2.17. The molecule has 23 heavy (non-hydrogen) atoms. The number of rotatable bonds is 4. The van der Waals surface area contributed by atoms with Gasteiger partial charge in [0.1, 0.15) is 0 Å². The molecule has 120 valence electrons. The first-order valence-corrected chi connectivity index (χ1v) is 8.96. The monoisotopic (exact) mass is 327 g/mol. The van der Waals surface area contributed by atoms with Gasteiger partial charge in [-0.1, -0.05) is 30.0 Å². The Labute approximate surface area is 141 Å². The van der Waals surface area contributed by atoms with E-state index in [0.717, 1.165) is 29.8 Å². The molecule has 0 saturated heterocycles. The average Bonchev–Trinajstić information content (AvgIpc) is 2.55. The lowest BCUT2D eigenvalue weighted by atomic mass is 9.95. The van der Waals surface area contributed by atoms with Crippen LogP contribution < -0.4 is 5.32 Å². The van der Waals surface area contributed by atoms with Gasteiger partial charge in [-0.05, 0) is 56.7 Å². The third-order valence-corrected chi connectivity index (χ3v) is 4.97. The van der Waals surface area contributed by atoms with E-state index in [-0.39, 0.29) is 5.91 Å². The molecule has 3 rings (SSSR count). The molecule has 0 atom stereocenters. The van der Waals surface area contributed by atoms with E-state index in [1.807, 2.05) is 38.1 Å². The predicted molar refractivity (Wildman–Crippen MR) is 93.9 cm³/mol. The summed E-state index contributed by atoms with van der Waals surface area (Å²) >= 11 is 1.41. The van der Waals surface area contributed by atoms with Crippen molar-refractivity contribution in [2.75, 3.05) is 11.1 Å². The number of thioether (sulfide) groups is 1. The summed E-state index contributed by atoms with van der Waals surface area (Å²) in [5.41, 5.74) is 5.47. The molecule has 1 aromatic heterocycles. The number of carbonyl (C=O) groups is 1. The number of amides is 1. The smallest absolute Gasteiger partial charge is 0.234 e. The largest absolute Gasteiger partial charge is 0.325 e. The number of fused-ring (bicyclic) bond motifs is 1. The van der Waals surface area contributed by atoms with Crippen LogP contribution in [0.15, 0.2) is 29.4 Å². The van der Waals surface area contributed by atoms with Gasteiger partial charge in [0.05, 0.1) is 5.75 Å². The zero-order chi connectivity index (χ0) is 16.2. The molecule has 1 N–H and O–H groups in total. The molecule has 0 aliphatic heterocycles. The van der Waals surface area contributed by atoms with E-state index >= 15 is 0 Å². The summed E-state index contributed by atoms with van der Waals surface area (Å²) in [5.74, 6) is 0.301. The van der Waals surface area contributed by atoms with Gasteiger partial charge in [0, 0.05) is 17.1 Å². The predicted octanol–water partition coefficient (Wildman–Crippen LogP) is 3.70. The van der Waals surface area contributed by atoms with Crippen molar-refractivity contribution < 1.29 is 4.79 Å². The lowest BCUT2D eigenvalue weighted by molar-refractivity contribution is -0.113. The van der Waals surface area contributed by atoms with Crippen LogP contribution in [0.25, 0.3) is 0 Å². The summed E-state index contributed by atoms with van der Waals surface area (Å²) < 4.78 is 0. The molecule has 0 spiro atoms. The Hall–Kier alpha value is -1.88. The van der Waals surface area contributed by atoms with Gasteiger partial charge in [0.25, 0.3) is 0 Å². The zero-order valence-corrected chi connectivity index (χ0v) is 14.4. The molecule has 1 aliphatic carbocycles. The molecule has 0 bridgehead atoms. The molecular formula is C18H21N3OS. The van der Waals surface area contributed by atoms with Crippen LogP contribution in [-0.4, -0.2) is 21.6 Å². The number of aryl methyl sites for hydroxylation is 3. The minimum atomic E-state index is -0.0247. The van der Waals surface area contributed by atoms with E-state index in [9.17, 15) is 4.79 Å². The van der Waals surface area contributed by atoms with Crippen molar-refractivity contribution in [2.45, 2.75) is 44.7 Å². The number of para-hydroxylation sites is 1. The maximum absolute atomic E-state index is 12.1. The number of nitrogens with one attached hydrogen (secondary N) is 1. The fourth-order valence-electron chi connectivity index (χ4n) is 2.85. The summed E-state index contributed by atoms with van der Waals surface area (Å²) in [6.45, 7) is 4.03. The molecule has 0 unspecified atom stereocenters. The molecule has 0 radical (unpaired) electrons. The standard InChI is InChI=1S/C18H21N3OS/c1-12-7-3-5-9-15(12)20-17(22)11-23-18-19-13(2)14-8-4-6-10-16(14)21-18/h3,5,7,9H,4,6,8,10-11H2,1-2H3,(H,20,22). The Balaban J connectivity index is 1.63. The van der Waals surface area contributed by atoms with Crippen LogP contribution in [0.5, 0.6) is 0 Å². The minimum absolute atomic E-state index is 0.0247. The second kappa shape index (κ2) is 7.13. The quantitative estimate of drug-likeness (QED) is 0.687. The third-order valence-electron chi connectivity index (χ3n) is 4.12. The second-order valence-electron chi connectivity index (χ2n) is 5.88.